The minimum atomic E-state index is -0.241. The Morgan fingerprint density at radius 3 is 2.29 bits per heavy atom. The van der Waals surface area contributed by atoms with Gasteiger partial charge in [-0.25, -0.2) is 4.99 Å². The highest BCUT2D eigenvalue weighted by Gasteiger charge is 2.58. The minimum absolute atomic E-state index is 0. The molecular formula is C17H35IN4O2. The van der Waals surface area contributed by atoms with Gasteiger partial charge in [-0.2, -0.15) is 0 Å². The van der Waals surface area contributed by atoms with E-state index in [0.717, 1.165) is 13.0 Å². The van der Waals surface area contributed by atoms with Gasteiger partial charge in [0.05, 0.1) is 5.60 Å². The van der Waals surface area contributed by atoms with E-state index in [1.165, 1.54) is 0 Å². The van der Waals surface area contributed by atoms with Gasteiger partial charge in [0, 0.05) is 30.7 Å². The van der Waals surface area contributed by atoms with Gasteiger partial charge in [-0.3, -0.25) is 4.79 Å². The van der Waals surface area contributed by atoms with Crippen LogP contribution in [0.3, 0.4) is 0 Å². The fourth-order valence-electron chi connectivity index (χ4n) is 2.82. The van der Waals surface area contributed by atoms with Crippen molar-refractivity contribution in [3.05, 3.63) is 0 Å². The summed E-state index contributed by atoms with van der Waals surface area (Å²) in [6, 6.07) is 0.260. The second-order valence-corrected chi connectivity index (χ2v) is 8.05. The van der Waals surface area contributed by atoms with Crippen molar-refractivity contribution in [2.24, 2.45) is 10.4 Å². The quantitative estimate of drug-likeness (QED) is 0.339. The van der Waals surface area contributed by atoms with Gasteiger partial charge >= 0.3 is 0 Å². The average Bonchev–Trinajstić information content (AvgIpc) is 2.42. The monoisotopic (exact) mass is 454 g/mol. The van der Waals surface area contributed by atoms with Gasteiger partial charge in [-0.1, -0.05) is 13.8 Å². The Morgan fingerprint density at radius 1 is 1.29 bits per heavy atom. The molecular weight excluding hydrogens is 419 g/mol. The number of carbonyl (C=O) groups is 1. The van der Waals surface area contributed by atoms with E-state index < -0.39 is 0 Å². The number of nitrogens with one attached hydrogen (secondary N) is 3. The Bertz CT molecular complexity index is 460. The van der Waals surface area contributed by atoms with Crippen molar-refractivity contribution >= 4 is 35.8 Å². The van der Waals surface area contributed by atoms with Crippen molar-refractivity contribution in [2.45, 2.75) is 72.1 Å². The number of hydrogen-bond acceptors (Lipinski definition) is 3. The van der Waals surface area contributed by atoms with Crippen LogP contribution >= 0.6 is 24.0 Å². The standard InChI is InChI=1S/C17H34N4O2.HI/c1-9-18-14(19-11-13(22)21-15(2,3)4)20-12-10-17(7,23-8)16(12,5)6;/h12H,9-11H2,1-8H3,(H,21,22)(H2,18,19,20);1H. The lowest BCUT2D eigenvalue weighted by Crippen LogP contribution is -2.69. The van der Waals surface area contributed by atoms with Crippen LogP contribution in [0.25, 0.3) is 0 Å². The molecule has 0 aromatic rings. The topological polar surface area (TPSA) is 74.8 Å². The van der Waals surface area contributed by atoms with Crippen LogP contribution in [0.5, 0.6) is 0 Å². The molecule has 3 N–H and O–H groups in total. The van der Waals surface area contributed by atoms with E-state index >= 15 is 0 Å². The number of methoxy groups -OCH3 is 1. The molecule has 1 saturated carbocycles. The second-order valence-electron chi connectivity index (χ2n) is 8.05. The van der Waals surface area contributed by atoms with Crippen LogP contribution in [-0.4, -0.2) is 49.2 Å². The average molecular weight is 454 g/mol. The third-order valence-corrected chi connectivity index (χ3v) is 4.83. The molecule has 2 unspecified atom stereocenters. The maximum absolute atomic E-state index is 11.9. The van der Waals surface area contributed by atoms with Gasteiger partial charge in [0.2, 0.25) is 5.91 Å². The normalized spacial score (nSPS) is 26.0. The van der Waals surface area contributed by atoms with E-state index in [1.54, 1.807) is 7.11 Å². The fourth-order valence-corrected chi connectivity index (χ4v) is 2.82. The summed E-state index contributed by atoms with van der Waals surface area (Å²) in [4.78, 5) is 16.3. The highest BCUT2D eigenvalue weighted by molar-refractivity contribution is 14.0. The molecule has 0 spiro atoms. The lowest BCUT2D eigenvalue weighted by atomic mass is 9.56. The van der Waals surface area contributed by atoms with Gasteiger partial charge in [0.1, 0.15) is 6.54 Å². The lowest BCUT2D eigenvalue weighted by molar-refractivity contribution is -0.176. The molecule has 0 bridgehead atoms. The first-order valence-corrected chi connectivity index (χ1v) is 8.36. The number of nitrogens with zero attached hydrogens (tertiary/aromatic N) is 1. The Morgan fingerprint density at radius 2 is 1.88 bits per heavy atom. The van der Waals surface area contributed by atoms with Crippen LogP contribution in [0.1, 0.15) is 54.9 Å². The first-order chi connectivity index (χ1) is 10.4. The highest BCUT2D eigenvalue weighted by Crippen LogP contribution is 2.51. The van der Waals surface area contributed by atoms with Gasteiger partial charge in [-0.15, -0.1) is 24.0 Å². The SMILES string of the molecule is CCNC(=NCC(=O)NC(C)(C)C)NC1CC(C)(OC)C1(C)C.I. The third-order valence-electron chi connectivity index (χ3n) is 4.83. The Labute approximate surface area is 164 Å². The number of halogens is 1. The van der Waals surface area contributed by atoms with E-state index in [0.29, 0.717) is 5.96 Å². The molecule has 0 radical (unpaired) electrons. The van der Waals surface area contributed by atoms with E-state index in [-0.39, 0.29) is 59.0 Å². The second kappa shape index (κ2) is 8.69. The number of hydrogen-bond donors (Lipinski definition) is 3. The molecule has 1 aliphatic carbocycles. The van der Waals surface area contributed by atoms with Crippen molar-refractivity contribution in [3.8, 4) is 0 Å². The molecule has 1 rings (SSSR count). The van der Waals surface area contributed by atoms with Crippen LogP contribution in [0.2, 0.25) is 0 Å². The number of ether oxygens (including phenoxy) is 1. The van der Waals surface area contributed by atoms with Crippen molar-refractivity contribution < 1.29 is 9.53 Å². The maximum atomic E-state index is 11.9. The molecule has 0 aromatic carbocycles. The predicted octanol–water partition coefficient (Wildman–Crippen LogP) is 2.28. The molecule has 0 aliphatic heterocycles. The van der Waals surface area contributed by atoms with E-state index in [9.17, 15) is 4.79 Å². The first-order valence-electron chi connectivity index (χ1n) is 8.36. The zero-order valence-electron chi connectivity index (χ0n) is 16.4. The number of carbonyl (C=O) groups excluding carboxylic acids is 1. The summed E-state index contributed by atoms with van der Waals surface area (Å²) in [6.45, 7) is 15.3. The molecule has 6 nitrogen and oxygen atoms in total. The number of amides is 1. The first kappa shape index (κ1) is 23.4. The largest absolute Gasteiger partial charge is 0.378 e. The minimum Gasteiger partial charge on any atom is -0.378 e. The van der Waals surface area contributed by atoms with Gasteiger partial charge in [0.25, 0.3) is 0 Å². The zero-order chi connectivity index (χ0) is 17.9. The third kappa shape index (κ3) is 5.75. The summed E-state index contributed by atoms with van der Waals surface area (Å²) in [5, 5.41) is 9.55. The van der Waals surface area contributed by atoms with Crippen LogP contribution in [0.4, 0.5) is 0 Å². The molecule has 1 amide bonds. The van der Waals surface area contributed by atoms with E-state index in [4.69, 9.17) is 4.74 Å². The van der Waals surface area contributed by atoms with Gasteiger partial charge < -0.3 is 20.7 Å². The van der Waals surface area contributed by atoms with Crippen LogP contribution in [0.15, 0.2) is 4.99 Å². The maximum Gasteiger partial charge on any atom is 0.242 e. The molecule has 0 heterocycles. The van der Waals surface area contributed by atoms with Gasteiger partial charge in [-0.05, 0) is 41.0 Å². The zero-order valence-corrected chi connectivity index (χ0v) is 18.7. The van der Waals surface area contributed by atoms with Crippen molar-refractivity contribution in [3.63, 3.8) is 0 Å². The van der Waals surface area contributed by atoms with Crippen molar-refractivity contribution in [2.75, 3.05) is 20.2 Å². The van der Waals surface area contributed by atoms with E-state index in [1.807, 2.05) is 27.7 Å². The summed E-state index contributed by atoms with van der Waals surface area (Å²) >= 11 is 0. The summed E-state index contributed by atoms with van der Waals surface area (Å²) in [6.07, 6.45) is 0.912. The molecule has 7 heteroatoms. The van der Waals surface area contributed by atoms with Crippen LogP contribution in [-0.2, 0) is 9.53 Å². The molecule has 1 aliphatic rings. The fraction of sp³-hybridized carbons (Fsp3) is 0.882. The van der Waals surface area contributed by atoms with Crippen LogP contribution in [0, 0.1) is 5.41 Å². The smallest absolute Gasteiger partial charge is 0.242 e. The summed E-state index contributed by atoms with van der Waals surface area (Å²) in [7, 11) is 1.76. The van der Waals surface area contributed by atoms with Crippen molar-refractivity contribution in [1.29, 1.82) is 0 Å². The van der Waals surface area contributed by atoms with Crippen LogP contribution < -0.4 is 16.0 Å². The van der Waals surface area contributed by atoms with E-state index in [2.05, 4.69) is 41.7 Å². The Balaban J connectivity index is 0.00000529. The van der Waals surface area contributed by atoms with Crippen molar-refractivity contribution in [1.82, 2.24) is 16.0 Å². The molecule has 0 aromatic heterocycles. The number of guanidine groups is 1. The summed E-state index contributed by atoms with van der Waals surface area (Å²) in [5.74, 6) is 0.595. The molecule has 2 atom stereocenters. The molecule has 1 fully saturated rings. The Hall–Kier alpha value is -0.570. The highest BCUT2D eigenvalue weighted by atomic mass is 127. The predicted molar refractivity (Wildman–Crippen MR) is 110 cm³/mol. The van der Waals surface area contributed by atoms with Gasteiger partial charge in [0.15, 0.2) is 5.96 Å². The number of rotatable bonds is 5. The summed E-state index contributed by atoms with van der Waals surface area (Å²) in [5.41, 5.74) is -0.383. The number of aliphatic imine (C=N–C) groups is 1. The lowest BCUT2D eigenvalue weighted by Gasteiger charge is -2.59. The summed E-state index contributed by atoms with van der Waals surface area (Å²) < 4.78 is 5.65. The molecule has 24 heavy (non-hydrogen) atoms. The molecule has 142 valence electrons. The Kier molecular flexibility index (Phi) is 8.48. The molecule has 0 saturated heterocycles.